The summed E-state index contributed by atoms with van der Waals surface area (Å²) >= 11 is 0. The molecule has 0 heterocycles. The Morgan fingerprint density at radius 1 is 0.393 bits per heavy atom. The van der Waals surface area contributed by atoms with Gasteiger partial charge in [-0.15, -0.1) is 0 Å². The molecule has 0 fully saturated rings. The molecule has 0 amide bonds. The van der Waals surface area contributed by atoms with Gasteiger partial charge in [-0.25, -0.2) is 0 Å². The summed E-state index contributed by atoms with van der Waals surface area (Å²) in [7, 11) is 3.44. The molecular formula is C26H22O2. The monoisotopic (exact) mass is 366 g/mol. The molecule has 0 aliphatic carbocycles. The summed E-state index contributed by atoms with van der Waals surface area (Å²) in [6.45, 7) is 0. The normalized spacial score (nSPS) is 10.5. The van der Waals surface area contributed by atoms with Gasteiger partial charge in [-0.1, -0.05) is 97.1 Å². The van der Waals surface area contributed by atoms with E-state index in [-0.39, 0.29) is 0 Å². The molecule has 138 valence electrons. The Morgan fingerprint density at radius 2 is 0.750 bits per heavy atom. The highest BCUT2D eigenvalue weighted by Crippen LogP contribution is 2.45. The molecule has 0 spiro atoms. The van der Waals surface area contributed by atoms with Crippen LogP contribution in [0.5, 0.6) is 11.5 Å². The van der Waals surface area contributed by atoms with E-state index in [0.717, 1.165) is 44.9 Å². The number of methoxy groups -OCH3 is 2. The third-order valence-electron chi connectivity index (χ3n) is 4.90. The third kappa shape index (κ3) is 3.25. The Bertz CT molecular complexity index is 981. The van der Waals surface area contributed by atoms with Crippen LogP contribution in [0.4, 0.5) is 0 Å². The fourth-order valence-corrected chi connectivity index (χ4v) is 3.63. The summed E-state index contributed by atoms with van der Waals surface area (Å²) in [4.78, 5) is 0. The molecule has 4 aromatic rings. The fraction of sp³-hybridized carbons (Fsp3) is 0.0769. The van der Waals surface area contributed by atoms with Gasteiger partial charge in [-0.2, -0.15) is 0 Å². The van der Waals surface area contributed by atoms with Crippen molar-refractivity contribution in [2.24, 2.45) is 0 Å². The van der Waals surface area contributed by atoms with Crippen molar-refractivity contribution in [2.75, 3.05) is 14.2 Å². The van der Waals surface area contributed by atoms with E-state index in [1.165, 1.54) is 0 Å². The molecule has 4 rings (SSSR count). The first-order valence-electron chi connectivity index (χ1n) is 9.28. The van der Waals surface area contributed by atoms with E-state index in [2.05, 4.69) is 60.7 Å². The maximum atomic E-state index is 5.87. The minimum Gasteiger partial charge on any atom is -0.495 e. The van der Waals surface area contributed by atoms with Gasteiger partial charge in [0.25, 0.3) is 0 Å². The van der Waals surface area contributed by atoms with E-state index in [1.54, 1.807) is 14.2 Å². The molecule has 0 unspecified atom stereocenters. The smallest absolute Gasteiger partial charge is 0.134 e. The molecule has 0 aromatic heterocycles. The van der Waals surface area contributed by atoms with E-state index in [0.29, 0.717) is 0 Å². The van der Waals surface area contributed by atoms with Crippen molar-refractivity contribution in [3.05, 3.63) is 97.1 Å². The highest BCUT2D eigenvalue weighted by atomic mass is 16.5. The lowest BCUT2D eigenvalue weighted by Crippen LogP contribution is -1.96. The lowest BCUT2D eigenvalue weighted by Gasteiger charge is -2.18. The second-order valence-electron chi connectivity index (χ2n) is 6.50. The molecule has 0 saturated heterocycles. The summed E-state index contributed by atoms with van der Waals surface area (Å²) in [6.07, 6.45) is 0. The van der Waals surface area contributed by atoms with E-state index >= 15 is 0 Å². The van der Waals surface area contributed by atoms with E-state index < -0.39 is 0 Å². The summed E-state index contributed by atoms with van der Waals surface area (Å²) in [6, 6.07) is 33.1. The van der Waals surface area contributed by atoms with Crippen LogP contribution in [-0.2, 0) is 0 Å². The lowest BCUT2D eigenvalue weighted by atomic mass is 9.93. The minimum atomic E-state index is 0.845. The first-order chi connectivity index (χ1) is 13.8. The molecule has 0 radical (unpaired) electrons. The molecule has 2 heteroatoms. The van der Waals surface area contributed by atoms with Gasteiger partial charge in [0.15, 0.2) is 0 Å². The Hall–Kier alpha value is -3.52. The summed E-state index contributed by atoms with van der Waals surface area (Å²) in [5.74, 6) is 1.69. The number of para-hydroxylation sites is 2. The molecule has 2 nitrogen and oxygen atoms in total. The second-order valence-corrected chi connectivity index (χ2v) is 6.50. The zero-order valence-corrected chi connectivity index (χ0v) is 16.1. The van der Waals surface area contributed by atoms with Crippen molar-refractivity contribution in [3.8, 4) is 44.9 Å². The molecule has 0 saturated carbocycles. The lowest BCUT2D eigenvalue weighted by molar-refractivity contribution is 0.412. The quantitative estimate of drug-likeness (QED) is 0.391. The van der Waals surface area contributed by atoms with Gasteiger partial charge < -0.3 is 9.47 Å². The van der Waals surface area contributed by atoms with Crippen LogP contribution in [0.15, 0.2) is 97.1 Å². The standard InChI is InChI=1S/C26H22O2/c1-27-25-21(19-11-5-3-6-12-19)15-9-17-23(25)24-18-10-16-22(26(24)28-2)20-13-7-4-8-14-20/h3-18H,1-2H3. The average Bonchev–Trinajstić information content (AvgIpc) is 2.79. The van der Waals surface area contributed by atoms with Crippen molar-refractivity contribution in [2.45, 2.75) is 0 Å². The summed E-state index contributed by atoms with van der Waals surface area (Å²) in [5, 5.41) is 0. The Morgan fingerprint density at radius 3 is 1.11 bits per heavy atom. The topological polar surface area (TPSA) is 18.5 Å². The first kappa shape index (κ1) is 17.9. The molecule has 0 atom stereocenters. The van der Waals surface area contributed by atoms with Crippen molar-refractivity contribution in [3.63, 3.8) is 0 Å². The van der Waals surface area contributed by atoms with Gasteiger partial charge in [0.05, 0.1) is 14.2 Å². The summed E-state index contributed by atoms with van der Waals surface area (Å²) in [5.41, 5.74) is 6.40. The molecule has 0 aliphatic rings. The predicted molar refractivity (Wildman–Crippen MR) is 116 cm³/mol. The van der Waals surface area contributed by atoms with Crippen LogP contribution in [0.1, 0.15) is 0 Å². The van der Waals surface area contributed by atoms with Crippen molar-refractivity contribution in [1.82, 2.24) is 0 Å². The van der Waals surface area contributed by atoms with Crippen LogP contribution in [-0.4, -0.2) is 14.2 Å². The minimum absolute atomic E-state index is 0.845. The Balaban J connectivity index is 1.93. The van der Waals surface area contributed by atoms with Crippen molar-refractivity contribution < 1.29 is 9.47 Å². The number of rotatable bonds is 5. The molecule has 0 N–H and O–H groups in total. The van der Waals surface area contributed by atoms with E-state index in [9.17, 15) is 0 Å². The number of hydrogen-bond acceptors (Lipinski definition) is 2. The Labute approximate surface area is 166 Å². The zero-order chi connectivity index (χ0) is 19.3. The molecular weight excluding hydrogens is 344 g/mol. The predicted octanol–water partition coefficient (Wildman–Crippen LogP) is 6.70. The zero-order valence-electron chi connectivity index (χ0n) is 16.1. The Kier molecular flexibility index (Phi) is 5.11. The van der Waals surface area contributed by atoms with Gasteiger partial charge in [0.1, 0.15) is 11.5 Å². The number of ether oxygens (including phenoxy) is 2. The molecule has 28 heavy (non-hydrogen) atoms. The van der Waals surface area contributed by atoms with Gasteiger partial charge in [0, 0.05) is 22.3 Å². The van der Waals surface area contributed by atoms with Crippen molar-refractivity contribution in [1.29, 1.82) is 0 Å². The van der Waals surface area contributed by atoms with Gasteiger partial charge in [-0.3, -0.25) is 0 Å². The van der Waals surface area contributed by atoms with Gasteiger partial charge >= 0.3 is 0 Å². The van der Waals surface area contributed by atoms with Crippen LogP contribution in [0.3, 0.4) is 0 Å². The third-order valence-corrected chi connectivity index (χ3v) is 4.90. The maximum Gasteiger partial charge on any atom is 0.134 e. The van der Waals surface area contributed by atoms with Crippen LogP contribution in [0, 0.1) is 0 Å². The molecule has 0 aliphatic heterocycles. The van der Waals surface area contributed by atoms with Gasteiger partial charge in [-0.05, 0) is 11.1 Å². The fourth-order valence-electron chi connectivity index (χ4n) is 3.63. The summed E-state index contributed by atoms with van der Waals surface area (Å²) < 4.78 is 11.7. The van der Waals surface area contributed by atoms with Crippen LogP contribution in [0.25, 0.3) is 33.4 Å². The first-order valence-corrected chi connectivity index (χ1v) is 9.28. The highest BCUT2D eigenvalue weighted by molar-refractivity contribution is 5.89. The average molecular weight is 366 g/mol. The van der Waals surface area contributed by atoms with Crippen LogP contribution in [0.2, 0.25) is 0 Å². The SMILES string of the molecule is COc1c(-c2ccccc2)cccc1-c1cccc(-c2ccccc2)c1OC. The molecule has 4 aromatic carbocycles. The second kappa shape index (κ2) is 8.01. The van der Waals surface area contributed by atoms with Gasteiger partial charge in [0.2, 0.25) is 0 Å². The molecule has 0 bridgehead atoms. The largest absolute Gasteiger partial charge is 0.495 e. The van der Waals surface area contributed by atoms with Crippen molar-refractivity contribution >= 4 is 0 Å². The van der Waals surface area contributed by atoms with E-state index in [4.69, 9.17) is 9.47 Å². The maximum absolute atomic E-state index is 5.87. The van der Waals surface area contributed by atoms with E-state index in [1.807, 2.05) is 36.4 Å². The van der Waals surface area contributed by atoms with Crippen LogP contribution >= 0.6 is 0 Å². The number of benzene rings is 4. The number of hydrogen-bond donors (Lipinski definition) is 0. The highest BCUT2D eigenvalue weighted by Gasteiger charge is 2.18. The van der Waals surface area contributed by atoms with Crippen LogP contribution < -0.4 is 9.47 Å².